The van der Waals surface area contributed by atoms with Crippen LogP contribution in [0.2, 0.25) is 0 Å². The molecule has 0 aliphatic carbocycles. The molecule has 1 heterocycles. The summed E-state index contributed by atoms with van der Waals surface area (Å²) >= 11 is 0. The summed E-state index contributed by atoms with van der Waals surface area (Å²) in [6.45, 7) is 5.46. The van der Waals surface area contributed by atoms with E-state index in [9.17, 15) is 27.6 Å². The number of fused-ring (bicyclic) bond motifs is 1. The van der Waals surface area contributed by atoms with Crippen LogP contribution in [0.1, 0.15) is 39.2 Å². The summed E-state index contributed by atoms with van der Waals surface area (Å²) in [7, 11) is -4.41. The smallest absolute Gasteiger partial charge is 0.315 e. The van der Waals surface area contributed by atoms with Gasteiger partial charge in [-0.1, -0.05) is 51.1 Å². The van der Waals surface area contributed by atoms with Crippen molar-refractivity contribution in [3.63, 3.8) is 0 Å². The van der Waals surface area contributed by atoms with E-state index in [1.54, 1.807) is 11.6 Å². The van der Waals surface area contributed by atoms with E-state index in [1.807, 2.05) is 44.2 Å². The predicted octanol–water partition coefficient (Wildman–Crippen LogP) is 1.60. The molecule has 0 saturated carbocycles. The van der Waals surface area contributed by atoms with Gasteiger partial charge >= 0.3 is 11.9 Å². The third-order valence-corrected chi connectivity index (χ3v) is 7.10. The van der Waals surface area contributed by atoms with Gasteiger partial charge in [-0.25, -0.2) is 17.9 Å². The summed E-state index contributed by atoms with van der Waals surface area (Å²) < 4.78 is 37.4. The Bertz CT molecular complexity index is 1310. The molecule has 2 aromatic carbocycles. The van der Waals surface area contributed by atoms with E-state index in [2.05, 4.69) is 16.0 Å². The molecule has 1 aliphatic rings. The topological polar surface area (TPSA) is 169 Å². The van der Waals surface area contributed by atoms with Crippen LogP contribution in [0.3, 0.4) is 0 Å². The standard InChI is InChI=1S/C26H32N4O8S/c1-4-19(23(31)25(33)30-39(35,36)18-10-11-21-22(13-18)38-15-37-21)28-24(32)20(12-16(2)3)29-26(34)27-14-17-8-6-5-7-9-17/h5-11,13,16,19-20H,4,12,14-15H2,1-3H3,(H,28,32)(H,30,33)(H2,27,29,34)/t19?,20-/m0/s1. The van der Waals surface area contributed by atoms with Gasteiger partial charge in [-0.3, -0.25) is 14.4 Å². The van der Waals surface area contributed by atoms with Gasteiger partial charge < -0.3 is 25.4 Å². The fourth-order valence-corrected chi connectivity index (χ4v) is 4.72. The Hall–Kier alpha value is -4.13. The number of hydrogen-bond donors (Lipinski definition) is 4. The fourth-order valence-electron chi connectivity index (χ4n) is 3.75. The maximum atomic E-state index is 13.0. The lowest BCUT2D eigenvalue weighted by Crippen LogP contribution is -2.55. The molecule has 0 bridgehead atoms. The number of Topliss-reactive ketones (excluding diaryl/α,β-unsaturated/α-hetero) is 1. The molecule has 1 aliphatic heterocycles. The van der Waals surface area contributed by atoms with Crippen molar-refractivity contribution in [1.82, 2.24) is 20.7 Å². The molecule has 4 N–H and O–H groups in total. The van der Waals surface area contributed by atoms with Gasteiger partial charge in [-0.15, -0.1) is 0 Å². The Labute approximate surface area is 226 Å². The van der Waals surface area contributed by atoms with Gasteiger partial charge in [0.25, 0.3) is 10.0 Å². The van der Waals surface area contributed by atoms with Crippen LogP contribution in [0, 0.1) is 5.92 Å². The van der Waals surface area contributed by atoms with Crippen molar-refractivity contribution in [2.24, 2.45) is 5.92 Å². The highest BCUT2D eigenvalue weighted by atomic mass is 32.2. The van der Waals surface area contributed by atoms with Crippen molar-refractivity contribution in [3.8, 4) is 11.5 Å². The summed E-state index contributed by atoms with van der Waals surface area (Å²) in [6.07, 6.45) is 0.274. The SMILES string of the molecule is CCC(NC(=O)[C@H](CC(C)C)NC(=O)NCc1ccccc1)C(=O)C(=O)NS(=O)(=O)c1ccc2c(c1)OCO2. The third-order valence-electron chi connectivity index (χ3n) is 5.77. The minimum Gasteiger partial charge on any atom is -0.454 e. The van der Waals surface area contributed by atoms with Gasteiger partial charge in [0.1, 0.15) is 6.04 Å². The number of rotatable bonds is 12. The first-order valence-corrected chi connectivity index (χ1v) is 13.9. The Morgan fingerprint density at radius 2 is 1.62 bits per heavy atom. The fraction of sp³-hybridized carbons (Fsp3) is 0.385. The first kappa shape index (κ1) is 29.4. The highest BCUT2D eigenvalue weighted by Gasteiger charge is 2.32. The molecule has 4 amide bonds. The highest BCUT2D eigenvalue weighted by molar-refractivity contribution is 7.90. The Morgan fingerprint density at radius 1 is 0.923 bits per heavy atom. The highest BCUT2D eigenvalue weighted by Crippen LogP contribution is 2.33. The van der Waals surface area contributed by atoms with E-state index < -0.39 is 45.7 Å². The van der Waals surface area contributed by atoms with Crippen LogP contribution in [0.4, 0.5) is 4.79 Å². The van der Waals surface area contributed by atoms with Crippen molar-refractivity contribution in [2.75, 3.05) is 6.79 Å². The second-order valence-corrected chi connectivity index (χ2v) is 11.0. The summed E-state index contributed by atoms with van der Waals surface area (Å²) in [4.78, 5) is 50.5. The largest absolute Gasteiger partial charge is 0.454 e. The second-order valence-electron chi connectivity index (χ2n) is 9.28. The molecule has 3 rings (SSSR count). The van der Waals surface area contributed by atoms with Crippen molar-refractivity contribution < 1.29 is 37.1 Å². The number of nitrogens with one attached hydrogen (secondary N) is 4. The Kier molecular flexibility index (Phi) is 9.88. The molecular weight excluding hydrogens is 528 g/mol. The minimum atomic E-state index is -4.41. The lowest BCUT2D eigenvalue weighted by atomic mass is 10.0. The molecule has 2 atom stereocenters. The maximum absolute atomic E-state index is 13.0. The summed E-state index contributed by atoms with van der Waals surface area (Å²) in [6, 6.07) is 10.1. The van der Waals surface area contributed by atoms with E-state index in [0.29, 0.717) is 5.75 Å². The zero-order chi connectivity index (χ0) is 28.6. The average molecular weight is 561 g/mol. The van der Waals surface area contributed by atoms with Gasteiger partial charge in [-0.05, 0) is 36.5 Å². The summed E-state index contributed by atoms with van der Waals surface area (Å²) in [5.74, 6) is -2.68. The first-order valence-electron chi connectivity index (χ1n) is 12.4. The van der Waals surface area contributed by atoms with Crippen LogP contribution in [0.15, 0.2) is 53.4 Å². The molecule has 12 nitrogen and oxygen atoms in total. The number of carbonyl (C=O) groups is 4. The van der Waals surface area contributed by atoms with Crippen LogP contribution in [-0.2, 0) is 31.0 Å². The molecule has 0 spiro atoms. The minimum absolute atomic E-state index is 0.0106. The molecule has 0 aromatic heterocycles. The Morgan fingerprint density at radius 3 is 2.28 bits per heavy atom. The molecule has 210 valence electrons. The summed E-state index contributed by atoms with van der Waals surface area (Å²) in [5, 5.41) is 7.75. The number of ether oxygens (including phenoxy) is 2. The molecule has 0 radical (unpaired) electrons. The van der Waals surface area contributed by atoms with Gasteiger partial charge in [0, 0.05) is 12.6 Å². The van der Waals surface area contributed by atoms with Gasteiger partial charge in [0.05, 0.1) is 10.9 Å². The van der Waals surface area contributed by atoms with E-state index >= 15 is 0 Å². The van der Waals surface area contributed by atoms with Crippen molar-refractivity contribution in [2.45, 2.75) is 57.1 Å². The lowest BCUT2D eigenvalue weighted by molar-refractivity contribution is -0.139. The maximum Gasteiger partial charge on any atom is 0.315 e. The van der Waals surface area contributed by atoms with Crippen LogP contribution in [0.5, 0.6) is 11.5 Å². The first-order chi connectivity index (χ1) is 18.5. The third kappa shape index (κ3) is 8.18. The van der Waals surface area contributed by atoms with Gasteiger partial charge in [-0.2, -0.15) is 0 Å². The monoisotopic (exact) mass is 560 g/mol. The number of urea groups is 1. The molecule has 2 aromatic rings. The van der Waals surface area contributed by atoms with Crippen LogP contribution >= 0.6 is 0 Å². The van der Waals surface area contributed by atoms with Crippen molar-refractivity contribution in [1.29, 1.82) is 0 Å². The van der Waals surface area contributed by atoms with Crippen molar-refractivity contribution >= 4 is 33.7 Å². The molecule has 39 heavy (non-hydrogen) atoms. The number of benzene rings is 2. The van der Waals surface area contributed by atoms with Crippen LogP contribution < -0.4 is 30.1 Å². The van der Waals surface area contributed by atoms with Crippen molar-refractivity contribution in [3.05, 3.63) is 54.1 Å². The zero-order valence-corrected chi connectivity index (χ0v) is 22.7. The molecule has 13 heteroatoms. The summed E-state index contributed by atoms with van der Waals surface area (Å²) in [5.41, 5.74) is 0.871. The van der Waals surface area contributed by atoms with E-state index in [0.717, 1.165) is 5.56 Å². The Balaban J connectivity index is 1.62. The number of carbonyl (C=O) groups excluding carboxylic acids is 4. The van der Waals surface area contributed by atoms with Crippen LogP contribution in [0.25, 0.3) is 0 Å². The normalized spacial score (nSPS) is 13.7. The zero-order valence-electron chi connectivity index (χ0n) is 21.9. The van der Waals surface area contributed by atoms with E-state index in [1.165, 1.54) is 18.2 Å². The van der Waals surface area contributed by atoms with Gasteiger partial charge in [0.15, 0.2) is 11.5 Å². The number of ketones is 1. The lowest BCUT2D eigenvalue weighted by Gasteiger charge is -2.23. The molecule has 0 saturated heterocycles. The van der Waals surface area contributed by atoms with Crippen LogP contribution in [-0.4, -0.2) is 50.9 Å². The molecule has 1 unspecified atom stereocenters. The van der Waals surface area contributed by atoms with E-state index in [-0.39, 0.29) is 42.7 Å². The van der Waals surface area contributed by atoms with Gasteiger partial charge in [0.2, 0.25) is 18.5 Å². The number of amides is 4. The average Bonchev–Trinajstić information content (AvgIpc) is 3.38. The quantitative estimate of drug-likeness (QED) is 0.284. The van der Waals surface area contributed by atoms with E-state index in [4.69, 9.17) is 9.47 Å². The number of sulfonamides is 1. The molecular formula is C26H32N4O8S. The predicted molar refractivity (Wildman–Crippen MR) is 140 cm³/mol. The molecule has 0 fully saturated rings. The number of hydrogen-bond acceptors (Lipinski definition) is 8. The second kappa shape index (κ2) is 13.1.